The summed E-state index contributed by atoms with van der Waals surface area (Å²) in [6.07, 6.45) is 1.20. The van der Waals surface area contributed by atoms with Gasteiger partial charge in [0.05, 0.1) is 19.2 Å². The van der Waals surface area contributed by atoms with Gasteiger partial charge in [-0.2, -0.15) is 9.90 Å². The number of carbonyl (C=O) groups is 1. The van der Waals surface area contributed by atoms with Gasteiger partial charge in [0.1, 0.15) is 5.15 Å². The predicted molar refractivity (Wildman–Crippen MR) is 116 cm³/mol. The highest BCUT2D eigenvalue weighted by Gasteiger charge is 2.45. The molecule has 3 heterocycles. The van der Waals surface area contributed by atoms with Crippen LogP contribution in [-0.2, 0) is 11.8 Å². The molecule has 0 saturated heterocycles. The minimum Gasteiger partial charge on any atom is -0.309 e. The number of carbonyl (C=O) groups excluding carboxylic acids is 1. The zero-order valence-electron chi connectivity index (χ0n) is 17.5. The number of halogens is 3. The lowest BCUT2D eigenvalue weighted by Gasteiger charge is -2.23. The fourth-order valence-corrected chi connectivity index (χ4v) is 4.41. The van der Waals surface area contributed by atoms with Gasteiger partial charge in [-0.1, -0.05) is 35.9 Å². The molecular weight excluding hydrogens is 454 g/mol. The standard InChI is InChI=1S/C21H19ClF2N8O/c1-31-29-19(27-30-31)13-4-2-12(3-5-13)18(14-8-9-21(23,24)10-14)20(33)26-16-11-32-17(25-16)7-6-15(22)28-32/h2-7,11,14,18H,8-10H2,1H3,(H,26,33)/t14-,18+/m0/s1. The average Bonchev–Trinajstić information content (AvgIpc) is 3.46. The summed E-state index contributed by atoms with van der Waals surface area (Å²) in [5.41, 5.74) is 1.85. The molecule has 5 rings (SSSR count). The molecule has 1 N–H and O–H groups in total. The summed E-state index contributed by atoms with van der Waals surface area (Å²) in [7, 11) is 1.66. The van der Waals surface area contributed by atoms with E-state index in [0.717, 1.165) is 0 Å². The molecule has 0 bridgehead atoms. The first kappa shape index (κ1) is 21.4. The van der Waals surface area contributed by atoms with E-state index in [1.165, 1.54) is 15.5 Å². The Balaban J connectivity index is 1.44. The molecule has 2 atom stereocenters. The number of benzene rings is 1. The number of hydrogen-bond donors (Lipinski definition) is 1. The Bertz CT molecular complexity index is 1320. The third-order valence-corrected chi connectivity index (χ3v) is 5.97. The molecule has 0 spiro atoms. The van der Waals surface area contributed by atoms with Crippen molar-refractivity contribution in [3.05, 3.63) is 53.3 Å². The minimum absolute atomic E-state index is 0.236. The molecule has 3 aromatic heterocycles. The summed E-state index contributed by atoms with van der Waals surface area (Å²) < 4.78 is 29.5. The summed E-state index contributed by atoms with van der Waals surface area (Å²) in [6.45, 7) is 0. The number of nitrogens with zero attached hydrogens (tertiary/aromatic N) is 7. The van der Waals surface area contributed by atoms with Crippen LogP contribution >= 0.6 is 11.6 Å². The van der Waals surface area contributed by atoms with Crippen LogP contribution in [0.1, 0.15) is 30.7 Å². The quantitative estimate of drug-likeness (QED) is 0.474. The van der Waals surface area contributed by atoms with Crippen LogP contribution in [0, 0.1) is 5.92 Å². The number of amides is 1. The molecule has 1 aromatic carbocycles. The number of hydrogen-bond acceptors (Lipinski definition) is 6. The van der Waals surface area contributed by atoms with Crippen molar-refractivity contribution in [2.24, 2.45) is 13.0 Å². The van der Waals surface area contributed by atoms with E-state index in [9.17, 15) is 13.6 Å². The Hall–Kier alpha value is -3.47. The van der Waals surface area contributed by atoms with Gasteiger partial charge in [-0.05, 0) is 35.2 Å². The molecule has 170 valence electrons. The Morgan fingerprint density at radius 3 is 2.67 bits per heavy atom. The molecule has 9 nitrogen and oxygen atoms in total. The average molecular weight is 473 g/mol. The third-order valence-electron chi connectivity index (χ3n) is 5.77. The van der Waals surface area contributed by atoms with Crippen molar-refractivity contribution in [1.82, 2.24) is 34.8 Å². The molecule has 0 unspecified atom stereocenters. The number of aromatic nitrogens is 7. The maximum Gasteiger partial charge on any atom is 0.248 e. The van der Waals surface area contributed by atoms with Gasteiger partial charge in [-0.25, -0.2) is 18.3 Å². The van der Waals surface area contributed by atoms with Gasteiger partial charge >= 0.3 is 0 Å². The number of anilines is 1. The molecule has 4 aromatic rings. The van der Waals surface area contributed by atoms with E-state index in [4.69, 9.17) is 11.6 Å². The van der Waals surface area contributed by atoms with E-state index in [1.807, 2.05) is 0 Å². The van der Waals surface area contributed by atoms with Crippen LogP contribution in [0.3, 0.4) is 0 Å². The van der Waals surface area contributed by atoms with Crippen molar-refractivity contribution < 1.29 is 13.6 Å². The van der Waals surface area contributed by atoms with Crippen LogP contribution in [0.25, 0.3) is 17.0 Å². The zero-order valence-corrected chi connectivity index (χ0v) is 18.2. The van der Waals surface area contributed by atoms with Gasteiger partial charge in [0.15, 0.2) is 11.5 Å². The summed E-state index contributed by atoms with van der Waals surface area (Å²) >= 11 is 5.90. The first-order chi connectivity index (χ1) is 15.8. The lowest BCUT2D eigenvalue weighted by molar-refractivity contribution is -0.118. The normalized spacial score (nSPS) is 18.5. The number of rotatable bonds is 5. The summed E-state index contributed by atoms with van der Waals surface area (Å²) in [4.78, 5) is 19.0. The largest absolute Gasteiger partial charge is 0.309 e. The maximum absolute atomic E-state index is 14.0. The molecular formula is C21H19ClF2N8O. The zero-order chi connectivity index (χ0) is 23.2. The predicted octanol–water partition coefficient (Wildman–Crippen LogP) is 3.73. The van der Waals surface area contributed by atoms with E-state index in [0.29, 0.717) is 22.6 Å². The van der Waals surface area contributed by atoms with Crippen LogP contribution in [0.15, 0.2) is 42.6 Å². The molecule has 12 heteroatoms. The van der Waals surface area contributed by atoms with Gasteiger partial charge in [-0.15, -0.1) is 10.2 Å². The number of imidazole rings is 1. The molecule has 33 heavy (non-hydrogen) atoms. The Labute approximate surface area is 191 Å². The van der Waals surface area contributed by atoms with Crippen molar-refractivity contribution >= 4 is 29.0 Å². The van der Waals surface area contributed by atoms with Gasteiger partial charge in [0, 0.05) is 18.4 Å². The van der Waals surface area contributed by atoms with Crippen molar-refractivity contribution in [3.8, 4) is 11.4 Å². The Kier molecular flexibility index (Phi) is 5.28. The summed E-state index contributed by atoms with van der Waals surface area (Å²) in [5.74, 6) is -3.76. The molecule has 0 aliphatic heterocycles. The molecule has 1 amide bonds. The second-order valence-corrected chi connectivity index (χ2v) is 8.52. The van der Waals surface area contributed by atoms with Crippen LogP contribution in [0.4, 0.5) is 14.6 Å². The number of fused-ring (bicyclic) bond motifs is 1. The summed E-state index contributed by atoms with van der Waals surface area (Å²) in [5, 5.41) is 19.1. The van der Waals surface area contributed by atoms with Crippen molar-refractivity contribution in [2.45, 2.75) is 31.1 Å². The Morgan fingerprint density at radius 1 is 1.21 bits per heavy atom. The number of aryl methyl sites for hydroxylation is 1. The monoisotopic (exact) mass is 472 g/mol. The van der Waals surface area contributed by atoms with Gasteiger partial charge < -0.3 is 5.32 Å². The van der Waals surface area contributed by atoms with Crippen molar-refractivity contribution in [3.63, 3.8) is 0 Å². The SMILES string of the molecule is Cn1nnc(-c2ccc([C@@H](C(=O)Nc3cn4nc(Cl)ccc4n3)[C@H]3CCC(F)(F)C3)cc2)n1. The molecule has 1 aliphatic carbocycles. The fraction of sp³-hybridized carbons (Fsp3) is 0.333. The van der Waals surface area contributed by atoms with E-state index < -0.39 is 23.7 Å². The number of nitrogens with one attached hydrogen (secondary N) is 1. The maximum atomic E-state index is 14.0. The highest BCUT2D eigenvalue weighted by atomic mass is 35.5. The van der Waals surface area contributed by atoms with Crippen molar-refractivity contribution in [1.29, 1.82) is 0 Å². The first-order valence-electron chi connectivity index (χ1n) is 10.3. The van der Waals surface area contributed by atoms with Crippen LogP contribution < -0.4 is 5.32 Å². The Morgan fingerprint density at radius 2 is 2.00 bits per heavy atom. The first-order valence-corrected chi connectivity index (χ1v) is 10.7. The topological polar surface area (TPSA) is 103 Å². The lowest BCUT2D eigenvalue weighted by Crippen LogP contribution is -2.27. The van der Waals surface area contributed by atoms with E-state index in [1.54, 1.807) is 43.4 Å². The molecule has 1 fully saturated rings. The lowest BCUT2D eigenvalue weighted by atomic mass is 9.83. The van der Waals surface area contributed by atoms with Crippen LogP contribution in [-0.4, -0.2) is 46.6 Å². The van der Waals surface area contributed by atoms with Crippen LogP contribution in [0.5, 0.6) is 0 Å². The molecule has 0 radical (unpaired) electrons. The van der Waals surface area contributed by atoms with Gasteiger partial charge in [-0.3, -0.25) is 4.79 Å². The molecule has 1 saturated carbocycles. The van der Waals surface area contributed by atoms with E-state index >= 15 is 0 Å². The van der Waals surface area contributed by atoms with Crippen LogP contribution in [0.2, 0.25) is 5.15 Å². The van der Waals surface area contributed by atoms with E-state index in [2.05, 4.69) is 30.8 Å². The summed E-state index contributed by atoms with van der Waals surface area (Å²) in [6, 6.07) is 10.3. The smallest absolute Gasteiger partial charge is 0.248 e. The second-order valence-electron chi connectivity index (χ2n) is 8.14. The highest BCUT2D eigenvalue weighted by Crippen LogP contribution is 2.46. The van der Waals surface area contributed by atoms with Gasteiger partial charge in [0.25, 0.3) is 0 Å². The second kappa shape index (κ2) is 8.14. The minimum atomic E-state index is -2.78. The molecule has 1 aliphatic rings. The third kappa shape index (κ3) is 4.40. The highest BCUT2D eigenvalue weighted by molar-refractivity contribution is 6.29. The van der Waals surface area contributed by atoms with E-state index in [-0.39, 0.29) is 30.2 Å². The number of tetrazole rings is 1. The number of alkyl halides is 2. The van der Waals surface area contributed by atoms with Crippen molar-refractivity contribution in [2.75, 3.05) is 5.32 Å². The fourth-order valence-electron chi connectivity index (χ4n) is 4.27. The van der Waals surface area contributed by atoms with Gasteiger partial charge in [0.2, 0.25) is 17.7 Å².